The number of nitrogens with zero attached hydrogens (tertiary/aromatic N) is 3. The molecule has 4 nitrogen and oxygen atoms in total. The highest BCUT2D eigenvalue weighted by molar-refractivity contribution is 6.33. The van der Waals surface area contributed by atoms with Crippen molar-refractivity contribution in [3.63, 3.8) is 0 Å². The van der Waals surface area contributed by atoms with Gasteiger partial charge < -0.3 is 5.32 Å². The molecule has 3 rings (SSSR count). The van der Waals surface area contributed by atoms with Crippen LogP contribution in [0.3, 0.4) is 0 Å². The maximum absolute atomic E-state index is 6.14. The first-order chi connectivity index (χ1) is 10.2. The minimum Gasteiger partial charge on any atom is -0.381 e. The first kappa shape index (κ1) is 13.9. The fraction of sp³-hybridized carbons (Fsp3) is 0.0667. The Bertz CT molecular complexity index is 724. The third kappa shape index (κ3) is 3.35. The molecule has 0 radical (unpaired) electrons. The molecule has 0 bridgehead atoms. The van der Waals surface area contributed by atoms with Gasteiger partial charge in [0.2, 0.25) is 0 Å². The molecule has 0 saturated carbocycles. The number of aromatic nitrogens is 3. The Balaban J connectivity index is 1.70. The number of hydrogen-bond donors (Lipinski definition) is 1. The van der Waals surface area contributed by atoms with Crippen LogP contribution in [0.1, 0.15) is 5.56 Å². The number of halogens is 2. The number of rotatable bonds is 4. The van der Waals surface area contributed by atoms with E-state index in [9.17, 15) is 0 Å². The van der Waals surface area contributed by atoms with Gasteiger partial charge in [-0.25, -0.2) is 9.67 Å². The van der Waals surface area contributed by atoms with Gasteiger partial charge in [-0.05, 0) is 48.0 Å². The van der Waals surface area contributed by atoms with E-state index in [0.29, 0.717) is 16.6 Å². The highest BCUT2D eigenvalue weighted by atomic mass is 35.5. The lowest BCUT2D eigenvalue weighted by atomic mass is 10.2. The van der Waals surface area contributed by atoms with E-state index in [1.54, 1.807) is 23.1 Å². The Morgan fingerprint density at radius 2 is 1.86 bits per heavy atom. The van der Waals surface area contributed by atoms with E-state index in [2.05, 4.69) is 15.4 Å². The maximum Gasteiger partial charge on any atom is 0.138 e. The van der Waals surface area contributed by atoms with Gasteiger partial charge in [-0.1, -0.05) is 23.2 Å². The van der Waals surface area contributed by atoms with Crippen LogP contribution >= 0.6 is 23.2 Å². The summed E-state index contributed by atoms with van der Waals surface area (Å²) in [7, 11) is 0. The molecule has 21 heavy (non-hydrogen) atoms. The van der Waals surface area contributed by atoms with Crippen LogP contribution in [-0.4, -0.2) is 14.8 Å². The fourth-order valence-corrected chi connectivity index (χ4v) is 2.33. The van der Waals surface area contributed by atoms with E-state index in [0.717, 1.165) is 16.9 Å². The van der Waals surface area contributed by atoms with Crippen molar-refractivity contribution in [2.24, 2.45) is 0 Å². The molecule has 0 fully saturated rings. The van der Waals surface area contributed by atoms with E-state index in [1.807, 2.05) is 30.3 Å². The molecule has 0 aliphatic heterocycles. The van der Waals surface area contributed by atoms with Crippen molar-refractivity contribution in [3.05, 3.63) is 70.7 Å². The van der Waals surface area contributed by atoms with Gasteiger partial charge in [0.05, 0.1) is 5.69 Å². The van der Waals surface area contributed by atoms with Gasteiger partial charge in [0, 0.05) is 22.3 Å². The number of anilines is 1. The smallest absolute Gasteiger partial charge is 0.138 e. The lowest BCUT2D eigenvalue weighted by Gasteiger charge is -2.09. The van der Waals surface area contributed by atoms with E-state index < -0.39 is 0 Å². The molecule has 0 atom stereocenters. The van der Waals surface area contributed by atoms with Gasteiger partial charge in [-0.15, -0.1) is 0 Å². The first-order valence-corrected chi connectivity index (χ1v) is 7.11. The highest BCUT2D eigenvalue weighted by Crippen LogP contribution is 2.22. The third-order valence-electron chi connectivity index (χ3n) is 3.04. The summed E-state index contributed by atoms with van der Waals surface area (Å²) in [5, 5.41) is 8.78. The molecule has 106 valence electrons. The number of benzene rings is 2. The van der Waals surface area contributed by atoms with Crippen molar-refractivity contribution in [2.45, 2.75) is 6.54 Å². The van der Waals surface area contributed by atoms with Crippen molar-refractivity contribution in [2.75, 3.05) is 5.32 Å². The van der Waals surface area contributed by atoms with Gasteiger partial charge in [-0.3, -0.25) is 0 Å². The molecular formula is C15H12Cl2N4. The van der Waals surface area contributed by atoms with Crippen LogP contribution in [0.4, 0.5) is 5.69 Å². The first-order valence-electron chi connectivity index (χ1n) is 6.35. The van der Waals surface area contributed by atoms with Gasteiger partial charge >= 0.3 is 0 Å². The second kappa shape index (κ2) is 6.16. The summed E-state index contributed by atoms with van der Waals surface area (Å²) < 4.78 is 1.71. The Kier molecular flexibility index (Phi) is 4.08. The largest absolute Gasteiger partial charge is 0.381 e. The van der Waals surface area contributed by atoms with Crippen molar-refractivity contribution < 1.29 is 0 Å². The lowest BCUT2D eigenvalue weighted by molar-refractivity contribution is 0.879. The molecular weight excluding hydrogens is 307 g/mol. The molecule has 3 aromatic rings. The van der Waals surface area contributed by atoms with Crippen LogP contribution < -0.4 is 5.32 Å². The maximum atomic E-state index is 6.14. The minimum atomic E-state index is 0.613. The Morgan fingerprint density at radius 3 is 2.57 bits per heavy atom. The van der Waals surface area contributed by atoms with Crippen molar-refractivity contribution in [3.8, 4) is 5.69 Å². The minimum absolute atomic E-state index is 0.613. The van der Waals surface area contributed by atoms with Crippen molar-refractivity contribution in [1.82, 2.24) is 14.8 Å². The van der Waals surface area contributed by atoms with Crippen molar-refractivity contribution in [1.29, 1.82) is 0 Å². The molecule has 1 N–H and O–H groups in total. The van der Waals surface area contributed by atoms with Crippen LogP contribution in [0.15, 0.2) is 55.1 Å². The summed E-state index contributed by atoms with van der Waals surface area (Å²) in [5.41, 5.74) is 2.92. The standard InChI is InChI=1S/C15H12Cl2N4/c16-12-1-6-15(17)11(7-12)8-19-13-2-4-14(5-3-13)21-10-18-9-20-21/h1-7,9-10,19H,8H2. The predicted octanol–water partition coefficient (Wildman–Crippen LogP) is 4.19. The van der Waals surface area contributed by atoms with Gasteiger partial charge in [-0.2, -0.15) is 5.10 Å². The third-order valence-corrected chi connectivity index (χ3v) is 3.65. The van der Waals surface area contributed by atoms with Gasteiger partial charge in [0.25, 0.3) is 0 Å². The average Bonchev–Trinajstić information content (AvgIpc) is 3.03. The fourth-order valence-electron chi connectivity index (χ4n) is 1.95. The molecule has 0 aliphatic carbocycles. The molecule has 0 unspecified atom stereocenters. The SMILES string of the molecule is Clc1ccc(Cl)c(CNc2ccc(-n3cncn3)cc2)c1. The van der Waals surface area contributed by atoms with Crippen LogP contribution in [0.25, 0.3) is 5.69 Å². The summed E-state index contributed by atoms with van der Waals surface area (Å²) in [6, 6.07) is 13.3. The second-order valence-corrected chi connectivity index (χ2v) is 5.32. The quantitative estimate of drug-likeness (QED) is 0.784. The zero-order chi connectivity index (χ0) is 14.7. The Hall–Kier alpha value is -2.04. The van der Waals surface area contributed by atoms with E-state index in [-0.39, 0.29) is 0 Å². The second-order valence-electron chi connectivity index (χ2n) is 4.48. The van der Waals surface area contributed by atoms with Crippen LogP contribution in [0.5, 0.6) is 0 Å². The molecule has 6 heteroatoms. The van der Waals surface area contributed by atoms with Crippen LogP contribution in [0.2, 0.25) is 10.0 Å². The lowest BCUT2D eigenvalue weighted by Crippen LogP contribution is -2.01. The Labute approximate surface area is 132 Å². The molecule has 0 aliphatic rings. The van der Waals surface area contributed by atoms with E-state index in [1.165, 1.54) is 6.33 Å². The Morgan fingerprint density at radius 1 is 1.05 bits per heavy atom. The normalized spacial score (nSPS) is 10.6. The van der Waals surface area contributed by atoms with E-state index in [4.69, 9.17) is 23.2 Å². The summed E-state index contributed by atoms with van der Waals surface area (Å²) in [4.78, 5) is 3.92. The summed E-state index contributed by atoms with van der Waals surface area (Å²) in [6.07, 6.45) is 3.17. The van der Waals surface area contributed by atoms with Gasteiger partial charge in [0.15, 0.2) is 0 Å². The molecule has 0 amide bonds. The average molecular weight is 319 g/mol. The molecule has 0 saturated heterocycles. The molecule has 2 aromatic carbocycles. The monoisotopic (exact) mass is 318 g/mol. The highest BCUT2D eigenvalue weighted by Gasteiger charge is 2.02. The zero-order valence-corrected chi connectivity index (χ0v) is 12.5. The summed E-state index contributed by atoms with van der Waals surface area (Å²) in [5.74, 6) is 0. The molecule has 1 aromatic heterocycles. The molecule has 0 spiro atoms. The van der Waals surface area contributed by atoms with Crippen molar-refractivity contribution >= 4 is 28.9 Å². The predicted molar refractivity (Wildman–Crippen MR) is 85.1 cm³/mol. The zero-order valence-electron chi connectivity index (χ0n) is 11.0. The molecule has 1 heterocycles. The van der Waals surface area contributed by atoms with E-state index >= 15 is 0 Å². The van der Waals surface area contributed by atoms with Gasteiger partial charge in [0.1, 0.15) is 12.7 Å². The van der Waals surface area contributed by atoms with Crippen LogP contribution in [-0.2, 0) is 6.54 Å². The number of hydrogen-bond acceptors (Lipinski definition) is 3. The number of nitrogens with one attached hydrogen (secondary N) is 1. The summed E-state index contributed by atoms with van der Waals surface area (Å²) in [6.45, 7) is 0.613. The van der Waals surface area contributed by atoms with Crippen LogP contribution in [0, 0.1) is 0 Å². The topological polar surface area (TPSA) is 42.7 Å². The summed E-state index contributed by atoms with van der Waals surface area (Å²) >= 11 is 12.1.